The van der Waals surface area contributed by atoms with E-state index < -0.39 is 11.4 Å². The number of benzene rings is 1. The number of carbonyl (C=O) groups is 1. The number of ether oxygens (including phenoxy) is 1. The molecule has 0 radical (unpaired) electrons. The van der Waals surface area contributed by atoms with Crippen molar-refractivity contribution in [2.45, 2.75) is 47.5 Å². The molecule has 1 aromatic rings. The smallest absolute Gasteiger partial charge is 0.309 e. The van der Waals surface area contributed by atoms with Crippen molar-refractivity contribution >= 4 is 21.9 Å². The molecule has 0 atom stereocenters. The third-order valence-electron chi connectivity index (χ3n) is 3.73. The highest BCUT2D eigenvalue weighted by molar-refractivity contribution is 9.10. The molecule has 112 valence electrons. The number of rotatable bonds is 6. The molecule has 0 bridgehead atoms. The van der Waals surface area contributed by atoms with Gasteiger partial charge in [-0.3, -0.25) is 4.79 Å². The van der Waals surface area contributed by atoms with Crippen LogP contribution in [0.4, 0.5) is 0 Å². The molecule has 0 unspecified atom stereocenters. The molecule has 0 spiro atoms. The summed E-state index contributed by atoms with van der Waals surface area (Å²) in [4.78, 5) is 11.0. The zero-order valence-corrected chi connectivity index (χ0v) is 14.4. The van der Waals surface area contributed by atoms with E-state index in [1.54, 1.807) is 13.8 Å². The lowest BCUT2D eigenvalue weighted by Crippen LogP contribution is -2.24. The van der Waals surface area contributed by atoms with Gasteiger partial charge in [0, 0.05) is 4.47 Å². The quantitative estimate of drug-likeness (QED) is 0.765. The van der Waals surface area contributed by atoms with Crippen LogP contribution in [0.1, 0.15) is 43.4 Å². The highest BCUT2D eigenvalue weighted by atomic mass is 79.9. The minimum atomic E-state index is -0.760. The molecule has 20 heavy (non-hydrogen) atoms. The van der Waals surface area contributed by atoms with E-state index in [-0.39, 0.29) is 0 Å². The maximum Gasteiger partial charge on any atom is 0.309 e. The Bertz CT molecular complexity index is 507. The van der Waals surface area contributed by atoms with Crippen LogP contribution in [-0.2, 0) is 4.79 Å². The number of aryl methyl sites for hydroxylation is 1. The maximum absolute atomic E-state index is 11.0. The van der Waals surface area contributed by atoms with Crippen LogP contribution < -0.4 is 4.74 Å². The Kier molecular flexibility index (Phi) is 5.63. The van der Waals surface area contributed by atoms with Crippen molar-refractivity contribution in [3.05, 3.63) is 27.2 Å². The predicted molar refractivity (Wildman–Crippen MR) is 84.5 cm³/mol. The predicted octanol–water partition coefficient (Wildman–Crippen LogP) is 4.64. The number of carboxylic acids is 1. The van der Waals surface area contributed by atoms with Crippen molar-refractivity contribution in [1.82, 2.24) is 0 Å². The summed E-state index contributed by atoms with van der Waals surface area (Å²) in [7, 11) is 0. The highest BCUT2D eigenvalue weighted by Crippen LogP contribution is 2.32. The summed E-state index contributed by atoms with van der Waals surface area (Å²) in [5.74, 6) is 0.156. The molecule has 0 fully saturated rings. The van der Waals surface area contributed by atoms with Crippen molar-refractivity contribution < 1.29 is 14.6 Å². The Balaban J connectivity index is 2.64. The molecule has 0 amide bonds. The first-order valence-electron chi connectivity index (χ1n) is 6.79. The van der Waals surface area contributed by atoms with Crippen molar-refractivity contribution in [3.8, 4) is 5.75 Å². The Hall–Kier alpha value is -1.03. The molecule has 0 aliphatic rings. The standard InChI is InChI=1S/C16H23BrO3/c1-10-9-13(17)11(2)12(3)14(10)20-8-6-7-16(4,5)15(18)19/h9H,6-8H2,1-5H3,(H,18,19). The molecule has 1 aromatic carbocycles. The monoisotopic (exact) mass is 342 g/mol. The molecule has 0 aliphatic carbocycles. The summed E-state index contributed by atoms with van der Waals surface area (Å²) in [6.45, 7) is 10.2. The lowest BCUT2D eigenvalue weighted by molar-refractivity contribution is -0.147. The van der Waals surface area contributed by atoms with Gasteiger partial charge in [-0.25, -0.2) is 0 Å². The average molecular weight is 343 g/mol. The van der Waals surface area contributed by atoms with Gasteiger partial charge in [-0.2, -0.15) is 0 Å². The molecule has 3 nitrogen and oxygen atoms in total. The van der Waals surface area contributed by atoms with Crippen molar-refractivity contribution in [3.63, 3.8) is 0 Å². The number of aliphatic carboxylic acids is 1. The molecule has 1 rings (SSSR count). The second-order valence-electron chi connectivity index (χ2n) is 5.90. The number of carboxylic acid groups (broad SMARTS) is 1. The molecular formula is C16H23BrO3. The van der Waals surface area contributed by atoms with Gasteiger partial charge in [-0.05, 0) is 70.2 Å². The van der Waals surface area contributed by atoms with Crippen LogP contribution >= 0.6 is 15.9 Å². The molecule has 0 saturated carbocycles. The zero-order chi connectivity index (χ0) is 15.5. The summed E-state index contributed by atoms with van der Waals surface area (Å²) in [6, 6.07) is 2.05. The van der Waals surface area contributed by atoms with Crippen molar-refractivity contribution in [2.75, 3.05) is 6.61 Å². The van der Waals surface area contributed by atoms with Crippen LogP contribution in [0.25, 0.3) is 0 Å². The van der Waals surface area contributed by atoms with Crippen LogP contribution in [0.2, 0.25) is 0 Å². The van der Waals surface area contributed by atoms with E-state index in [2.05, 4.69) is 28.9 Å². The Morgan fingerprint density at radius 1 is 1.30 bits per heavy atom. The zero-order valence-electron chi connectivity index (χ0n) is 12.8. The van der Waals surface area contributed by atoms with Gasteiger partial charge < -0.3 is 9.84 Å². The summed E-state index contributed by atoms with van der Waals surface area (Å²) in [5.41, 5.74) is 2.71. The van der Waals surface area contributed by atoms with Gasteiger partial charge in [0.05, 0.1) is 12.0 Å². The SMILES string of the molecule is Cc1cc(Br)c(C)c(C)c1OCCCC(C)(C)C(=O)O. The summed E-state index contributed by atoms with van der Waals surface area (Å²) < 4.78 is 6.95. The molecular weight excluding hydrogens is 320 g/mol. The van der Waals surface area contributed by atoms with Gasteiger partial charge in [-0.15, -0.1) is 0 Å². The first-order valence-corrected chi connectivity index (χ1v) is 7.58. The molecule has 0 heterocycles. The minimum absolute atomic E-state index is 0.541. The van der Waals surface area contributed by atoms with E-state index in [4.69, 9.17) is 9.84 Å². The summed E-state index contributed by atoms with van der Waals surface area (Å²) >= 11 is 3.53. The molecule has 0 saturated heterocycles. The third kappa shape index (κ3) is 3.98. The topological polar surface area (TPSA) is 46.5 Å². The van der Waals surface area contributed by atoms with E-state index >= 15 is 0 Å². The first kappa shape index (κ1) is 17.0. The van der Waals surface area contributed by atoms with E-state index in [1.807, 2.05) is 13.8 Å². The molecule has 0 aromatic heterocycles. The molecule has 4 heteroatoms. The fraction of sp³-hybridized carbons (Fsp3) is 0.562. The van der Waals surface area contributed by atoms with Crippen molar-refractivity contribution in [1.29, 1.82) is 0 Å². The van der Waals surface area contributed by atoms with E-state index in [1.165, 1.54) is 5.56 Å². The van der Waals surface area contributed by atoms with Gasteiger partial charge in [0.2, 0.25) is 0 Å². The normalized spacial score (nSPS) is 11.5. The van der Waals surface area contributed by atoms with E-state index in [0.717, 1.165) is 27.8 Å². The minimum Gasteiger partial charge on any atom is -0.493 e. The maximum atomic E-state index is 11.0. The Morgan fingerprint density at radius 2 is 1.90 bits per heavy atom. The Labute approximate surface area is 129 Å². The van der Waals surface area contributed by atoms with Gasteiger partial charge in [0.15, 0.2) is 0 Å². The van der Waals surface area contributed by atoms with Crippen LogP contribution in [0.15, 0.2) is 10.5 Å². The van der Waals surface area contributed by atoms with Crippen LogP contribution in [0, 0.1) is 26.2 Å². The summed E-state index contributed by atoms with van der Waals surface area (Å²) in [5, 5.41) is 9.07. The van der Waals surface area contributed by atoms with Gasteiger partial charge in [-0.1, -0.05) is 15.9 Å². The largest absolute Gasteiger partial charge is 0.493 e. The number of hydrogen-bond donors (Lipinski definition) is 1. The van der Waals surface area contributed by atoms with Gasteiger partial charge in [0.25, 0.3) is 0 Å². The molecule has 1 N–H and O–H groups in total. The van der Waals surface area contributed by atoms with Crippen LogP contribution in [-0.4, -0.2) is 17.7 Å². The average Bonchev–Trinajstić information content (AvgIpc) is 2.35. The van der Waals surface area contributed by atoms with Gasteiger partial charge in [0.1, 0.15) is 5.75 Å². The first-order chi connectivity index (χ1) is 9.16. The second-order valence-corrected chi connectivity index (χ2v) is 6.75. The van der Waals surface area contributed by atoms with Gasteiger partial charge >= 0.3 is 5.97 Å². The number of hydrogen-bond acceptors (Lipinski definition) is 2. The van der Waals surface area contributed by atoms with Crippen LogP contribution in [0.3, 0.4) is 0 Å². The molecule has 0 aliphatic heterocycles. The Morgan fingerprint density at radius 3 is 2.45 bits per heavy atom. The fourth-order valence-electron chi connectivity index (χ4n) is 2.03. The highest BCUT2D eigenvalue weighted by Gasteiger charge is 2.26. The van der Waals surface area contributed by atoms with Crippen molar-refractivity contribution in [2.24, 2.45) is 5.41 Å². The van der Waals surface area contributed by atoms with E-state index in [0.29, 0.717) is 13.0 Å². The third-order valence-corrected chi connectivity index (χ3v) is 4.56. The second kappa shape index (κ2) is 6.61. The number of halogens is 1. The summed E-state index contributed by atoms with van der Waals surface area (Å²) in [6.07, 6.45) is 1.34. The van der Waals surface area contributed by atoms with E-state index in [9.17, 15) is 4.79 Å². The van der Waals surface area contributed by atoms with Crippen LogP contribution in [0.5, 0.6) is 5.75 Å². The lowest BCUT2D eigenvalue weighted by atomic mass is 9.88. The lowest BCUT2D eigenvalue weighted by Gasteiger charge is -2.20. The fourth-order valence-corrected chi connectivity index (χ4v) is 2.67.